The van der Waals surface area contributed by atoms with Crippen LogP contribution in [0.25, 0.3) is 11.1 Å². The van der Waals surface area contributed by atoms with Crippen LogP contribution in [0.3, 0.4) is 0 Å². The number of para-hydroxylation sites is 1. The number of hydrogen-bond donors (Lipinski definition) is 1. The molecule has 0 unspecified atom stereocenters. The maximum atomic E-state index is 13.1. The van der Waals surface area contributed by atoms with E-state index in [2.05, 4.69) is 5.32 Å². The van der Waals surface area contributed by atoms with Crippen LogP contribution < -0.4 is 5.32 Å². The molecule has 0 aliphatic rings. The maximum Gasteiger partial charge on any atom is 0.181 e. The van der Waals surface area contributed by atoms with E-state index < -0.39 is 0 Å². The van der Waals surface area contributed by atoms with Gasteiger partial charge in [-0.15, -0.1) is 0 Å². The van der Waals surface area contributed by atoms with Crippen LogP contribution >= 0.6 is 0 Å². The van der Waals surface area contributed by atoms with Gasteiger partial charge in [-0.05, 0) is 23.8 Å². The summed E-state index contributed by atoms with van der Waals surface area (Å²) in [5, 5.41) is 11.2. The summed E-state index contributed by atoms with van der Waals surface area (Å²) in [5.74, 6) is -0.288. The van der Waals surface area contributed by atoms with E-state index in [4.69, 9.17) is 5.26 Å². The SMILES string of the molecule is N#CNc1ccccc1-c1cccc(F)c1. The zero-order valence-electron chi connectivity index (χ0n) is 8.44. The largest absolute Gasteiger partial charge is 0.292 e. The Bertz CT molecular complexity index is 544. The van der Waals surface area contributed by atoms with E-state index in [0.717, 1.165) is 11.1 Å². The molecular weight excluding hydrogens is 203 g/mol. The van der Waals surface area contributed by atoms with Crippen molar-refractivity contribution in [3.05, 3.63) is 54.3 Å². The van der Waals surface area contributed by atoms with Crippen molar-refractivity contribution in [2.75, 3.05) is 5.32 Å². The third kappa shape index (κ3) is 2.01. The summed E-state index contributed by atoms with van der Waals surface area (Å²) in [5.41, 5.74) is 2.23. The molecule has 0 heterocycles. The Labute approximate surface area is 93.0 Å². The highest BCUT2D eigenvalue weighted by molar-refractivity contribution is 5.78. The molecule has 3 heteroatoms. The monoisotopic (exact) mass is 212 g/mol. The number of nitriles is 1. The van der Waals surface area contributed by atoms with E-state index in [0.29, 0.717) is 5.69 Å². The molecule has 78 valence electrons. The van der Waals surface area contributed by atoms with Gasteiger partial charge in [0.25, 0.3) is 0 Å². The Morgan fingerprint density at radius 3 is 2.62 bits per heavy atom. The smallest absolute Gasteiger partial charge is 0.181 e. The van der Waals surface area contributed by atoms with E-state index in [1.807, 2.05) is 24.4 Å². The summed E-state index contributed by atoms with van der Waals surface area (Å²) in [6.07, 6.45) is 1.87. The van der Waals surface area contributed by atoms with Gasteiger partial charge in [-0.3, -0.25) is 5.32 Å². The first kappa shape index (κ1) is 10.2. The highest BCUT2D eigenvalue weighted by Crippen LogP contribution is 2.27. The van der Waals surface area contributed by atoms with Gasteiger partial charge in [0.05, 0.1) is 5.69 Å². The van der Waals surface area contributed by atoms with Gasteiger partial charge in [0, 0.05) is 5.56 Å². The molecule has 2 aromatic rings. The predicted octanol–water partition coefficient (Wildman–Crippen LogP) is 3.39. The summed E-state index contributed by atoms with van der Waals surface area (Å²) >= 11 is 0. The van der Waals surface area contributed by atoms with Gasteiger partial charge < -0.3 is 0 Å². The molecule has 0 saturated carbocycles. The van der Waals surface area contributed by atoms with Crippen molar-refractivity contribution in [3.63, 3.8) is 0 Å². The highest BCUT2D eigenvalue weighted by atomic mass is 19.1. The summed E-state index contributed by atoms with van der Waals surface area (Å²) in [4.78, 5) is 0. The Kier molecular flexibility index (Phi) is 2.84. The summed E-state index contributed by atoms with van der Waals surface area (Å²) in [7, 11) is 0. The number of nitrogens with zero attached hydrogens (tertiary/aromatic N) is 1. The summed E-state index contributed by atoms with van der Waals surface area (Å²) in [6.45, 7) is 0. The third-order valence-corrected chi connectivity index (χ3v) is 2.25. The fourth-order valence-electron chi connectivity index (χ4n) is 1.56. The molecule has 0 radical (unpaired) electrons. The molecule has 16 heavy (non-hydrogen) atoms. The average Bonchev–Trinajstić information content (AvgIpc) is 2.30. The van der Waals surface area contributed by atoms with Gasteiger partial charge in [-0.2, -0.15) is 5.26 Å². The number of benzene rings is 2. The minimum absolute atomic E-state index is 0.288. The minimum Gasteiger partial charge on any atom is -0.292 e. The van der Waals surface area contributed by atoms with Crippen LogP contribution in [-0.2, 0) is 0 Å². The quantitative estimate of drug-likeness (QED) is 0.611. The number of hydrogen-bond acceptors (Lipinski definition) is 2. The average molecular weight is 212 g/mol. The molecule has 0 fully saturated rings. The second kappa shape index (κ2) is 4.45. The van der Waals surface area contributed by atoms with Crippen LogP contribution in [0.2, 0.25) is 0 Å². The fourth-order valence-corrected chi connectivity index (χ4v) is 1.56. The molecule has 0 atom stereocenters. The van der Waals surface area contributed by atoms with Crippen LogP contribution in [0, 0.1) is 17.3 Å². The lowest BCUT2D eigenvalue weighted by molar-refractivity contribution is 0.628. The minimum atomic E-state index is -0.288. The van der Waals surface area contributed by atoms with Gasteiger partial charge in [0.2, 0.25) is 0 Å². The van der Waals surface area contributed by atoms with Gasteiger partial charge in [0.15, 0.2) is 6.19 Å². The summed E-state index contributed by atoms with van der Waals surface area (Å²) < 4.78 is 13.1. The van der Waals surface area contributed by atoms with Crippen molar-refractivity contribution < 1.29 is 4.39 Å². The molecule has 0 saturated heterocycles. The molecule has 2 aromatic carbocycles. The van der Waals surface area contributed by atoms with Crippen LogP contribution in [0.4, 0.5) is 10.1 Å². The Balaban J connectivity index is 2.52. The van der Waals surface area contributed by atoms with Crippen LogP contribution in [0.1, 0.15) is 0 Å². The van der Waals surface area contributed by atoms with E-state index in [-0.39, 0.29) is 5.82 Å². The molecule has 0 aliphatic heterocycles. The van der Waals surface area contributed by atoms with Crippen molar-refractivity contribution in [1.29, 1.82) is 5.26 Å². The number of rotatable bonds is 2. The lowest BCUT2D eigenvalue weighted by Crippen LogP contribution is -1.91. The zero-order valence-corrected chi connectivity index (χ0v) is 8.44. The molecule has 1 N–H and O–H groups in total. The topological polar surface area (TPSA) is 35.8 Å². The predicted molar refractivity (Wildman–Crippen MR) is 61.1 cm³/mol. The van der Waals surface area contributed by atoms with Gasteiger partial charge in [-0.25, -0.2) is 4.39 Å². The van der Waals surface area contributed by atoms with Crippen molar-refractivity contribution in [2.24, 2.45) is 0 Å². The van der Waals surface area contributed by atoms with E-state index in [1.165, 1.54) is 12.1 Å². The number of nitrogens with one attached hydrogen (secondary N) is 1. The number of anilines is 1. The normalized spacial score (nSPS) is 9.50. The lowest BCUT2D eigenvalue weighted by atomic mass is 10.0. The molecule has 0 aliphatic carbocycles. The van der Waals surface area contributed by atoms with Gasteiger partial charge in [-0.1, -0.05) is 30.3 Å². The Morgan fingerprint density at radius 2 is 1.88 bits per heavy atom. The molecule has 2 nitrogen and oxygen atoms in total. The Morgan fingerprint density at radius 1 is 1.06 bits per heavy atom. The van der Waals surface area contributed by atoms with E-state index in [9.17, 15) is 4.39 Å². The second-order valence-corrected chi connectivity index (χ2v) is 3.29. The molecule has 0 bridgehead atoms. The van der Waals surface area contributed by atoms with Crippen LogP contribution in [0.15, 0.2) is 48.5 Å². The van der Waals surface area contributed by atoms with Gasteiger partial charge >= 0.3 is 0 Å². The fraction of sp³-hybridized carbons (Fsp3) is 0. The van der Waals surface area contributed by atoms with Gasteiger partial charge in [0.1, 0.15) is 5.82 Å². The maximum absolute atomic E-state index is 13.1. The van der Waals surface area contributed by atoms with Crippen LogP contribution in [-0.4, -0.2) is 0 Å². The first-order valence-corrected chi connectivity index (χ1v) is 4.81. The highest BCUT2D eigenvalue weighted by Gasteiger charge is 2.04. The van der Waals surface area contributed by atoms with E-state index >= 15 is 0 Å². The van der Waals surface area contributed by atoms with Crippen molar-refractivity contribution >= 4 is 5.69 Å². The summed E-state index contributed by atoms with van der Waals surface area (Å²) in [6, 6.07) is 13.6. The number of halogens is 1. The molecule has 0 spiro atoms. The van der Waals surface area contributed by atoms with E-state index in [1.54, 1.807) is 18.2 Å². The second-order valence-electron chi connectivity index (χ2n) is 3.29. The van der Waals surface area contributed by atoms with Crippen molar-refractivity contribution in [3.8, 4) is 17.3 Å². The van der Waals surface area contributed by atoms with Crippen LogP contribution in [0.5, 0.6) is 0 Å². The Hall–Kier alpha value is -2.34. The first-order valence-electron chi connectivity index (χ1n) is 4.81. The van der Waals surface area contributed by atoms with Crippen molar-refractivity contribution in [1.82, 2.24) is 0 Å². The molecule has 0 aromatic heterocycles. The lowest BCUT2D eigenvalue weighted by Gasteiger charge is -2.07. The standard InChI is InChI=1S/C13H9FN2/c14-11-5-3-4-10(8-11)12-6-1-2-7-13(12)16-9-15/h1-8,16H. The van der Waals surface area contributed by atoms with Crippen molar-refractivity contribution in [2.45, 2.75) is 0 Å². The molecular formula is C13H9FN2. The zero-order chi connectivity index (χ0) is 11.4. The third-order valence-electron chi connectivity index (χ3n) is 2.25. The molecule has 2 rings (SSSR count). The molecule has 0 amide bonds. The first-order chi connectivity index (χ1) is 7.81.